The molecule has 2 fully saturated rings. The van der Waals surface area contributed by atoms with Crippen LogP contribution in [0.5, 0.6) is 0 Å². The Labute approximate surface area is 102 Å². The third-order valence-electron chi connectivity index (χ3n) is 3.75. The molecule has 2 heterocycles. The van der Waals surface area contributed by atoms with Crippen LogP contribution in [0.2, 0.25) is 0 Å². The van der Waals surface area contributed by atoms with Gasteiger partial charge in [-0.15, -0.1) is 11.8 Å². The summed E-state index contributed by atoms with van der Waals surface area (Å²) in [5, 5.41) is 4.54. The highest BCUT2D eigenvalue weighted by atomic mass is 32.2. The van der Waals surface area contributed by atoms with Crippen LogP contribution in [-0.4, -0.2) is 17.3 Å². The predicted molar refractivity (Wildman–Crippen MR) is 70.0 cm³/mol. The molecule has 0 saturated carbocycles. The molecule has 2 atom stereocenters. The highest BCUT2D eigenvalue weighted by molar-refractivity contribution is 8.00. The summed E-state index contributed by atoms with van der Waals surface area (Å²) in [5.41, 5.74) is 1.36. The number of thioether (sulfide) groups is 1. The summed E-state index contributed by atoms with van der Waals surface area (Å²) >= 11 is 2.08. The van der Waals surface area contributed by atoms with Gasteiger partial charge in [-0.1, -0.05) is 17.7 Å². The van der Waals surface area contributed by atoms with Gasteiger partial charge in [0.15, 0.2) is 0 Å². The standard InChI is InChI=1S/C14H19NS/c1-10-2-6-13(7-3-10)16-14-8-11-4-5-12(9-14)15-11/h2-3,6-7,11-12,14-15H,4-5,8-9H2,1H3/t11-,12-/m1/s1. The molecule has 2 saturated heterocycles. The van der Waals surface area contributed by atoms with E-state index in [1.165, 1.54) is 36.1 Å². The Morgan fingerprint density at radius 3 is 2.31 bits per heavy atom. The Hall–Kier alpha value is -0.470. The predicted octanol–water partition coefficient (Wildman–Crippen LogP) is 3.37. The molecule has 0 aliphatic carbocycles. The molecule has 0 amide bonds. The molecule has 1 aromatic rings. The second-order valence-electron chi connectivity index (χ2n) is 5.16. The quantitative estimate of drug-likeness (QED) is 0.840. The maximum Gasteiger partial charge on any atom is 0.0124 e. The fourth-order valence-electron chi connectivity index (χ4n) is 2.91. The van der Waals surface area contributed by atoms with Crippen molar-refractivity contribution in [1.82, 2.24) is 5.32 Å². The van der Waals surface area contributed by atoms with Gasteiger partial charge in [0.2, 0.25) is 0 Å². The summed E-state index contributed by atoms with van der Waals surface area (Å²) < 4.78 is 0. The Bertz CT molecular complexity index is 348. The first-order valence-electron chi connectivity index (χ1n) is 6.29. The van der Waals surface area contributed by atoms with Gasteiger partial charge < -0.3 is 5.32 Å². The Balaban J connectivity index is 1.64. The summed E-state index contributed by atoms with van der Waals surface area (Å²) in [6.45, 7) is 2.15. The Kier molecular flexibility index (Phi) is 2.95. The zero-order chi connectivity index (χ0) is 11.0. The van der Waals surface area contributed by atoms with Crippen LogP contribution in [0.4, 0.5) is 0 Å². The number of piperidine rings is 1. The Morgan fingerprint density at radius 2 is 1.69 bits per heavy atom. The highest BCUT2D eigenvalue weighted by Gasteiger charge is 2.33. The summed E-state index contributed by atoms with van der Waals surface area (Å²) in [4.78, 5) is 1.44. The van der Waals surface area contributed by atoms with Crippen LogP contribution in [0.3, 0.4) is 0 Å². The normalized spacial score (nSPS) is 32.9. The van der Waals surface area contributed by atoms with Crippen molar-refractivity contribution in [2.45, 2.75) is 54.8 Å². The number of hydrogen-bond donors (Lipinski definition) is 1. The molecule has 0 unspecified atom stereocenters. The largest absolute Gasteiger partial charge is 0.311 e. The lowest BCUT2D eigenvalue weighted by Crippen LogP contribution is -2.39. The Morgan fingerprint density at radius 1 is 1.06 bits per heavy atom. The molecule has 3 rings (SSSR count). The average molecular weight is 233 g/mol. The van der Waals surface area contributed by atoms with E-state index in [9.17, 15) is 0 Å². The highest BCUT2D eigenvalue weighted by Crippen LogP contribution is 2.36. The van der Waals surface area contributed by atoms with Gasteiger partial charge in [-0.3, -0.25) is 0 Å². The molecule has 2 aliphatic rings. The minimum atomic E-state index is 0.807. The lowest BCUT2D eigenvalue weighted by atomic mass is 10.1. The minimum Gasteiger partial charge on any atom is -0.311 e. The van der Waals surface area contributed by atoms with E-state index in [1.807, 2.05) is 0 Å². The third kappa shape index (κ3) is 2.28. The number of nitrogens with one attached hydrogen (secondary N) is 1. The molecule has 0 radical (unpaired) electrons. The summed E-state index contributed by atoms with van der Waals surface area (Å²) in [6, 6.07) is 10.6. The van der Waals surface area contributed by atoms with Crippen LogP contribution >= 0.6 is 11.8 Å². The van der Waals surface area contributed by atoms with Crippen LogP contribution < -0.4 is 5.32 Å². The van der Waals surface area contributed by atoms with Crippen molar-refractivity contribution in [3.63, 3.8) is 0 Å². The van der Waals surface area contributed by atoms with E-state index < -0.39 is 0 Å². The van der Waals surface area contributed by atoms with E-state index in [2.05, 4.69) is 48.3 Å². The van der Waals surface area contributed by atoms with Crippen molar-refractivity contribution >= 4 is 11.8 Å². The van der Waals surface area contributed by atoms with E-state index in [-0.39, 0.29) is 0 Å². The summed E-state index contributed by atoms with van der Waals surface area (Å²) in [7, 11) is 0. The van der Waals surface area contributed by atoms with Crippen molar-refractivity contribution in [3.05, 3.63) is 29.8 Å². The molecule has 86 valence electrons. The zero-order valence-electron chi connectivity index (χ0n) is 9.78. The fourth-order valence-corrected chi connectivity index (χ4v) is 4.25. The van der Waals surface area contributed by atoms with Gasteiger partial charge in [-0.05, 0) is 44.7 Å². The molecule has 2 bridgehead atoms. The second-order valence-corrected chi connectivity index (χ2v) is 6.54. The fraction of sp³-hybridized carbons (Fsp3) is 0.571. The molecule has 1 aromatic carbocycles. The molecule has 2 aliphatic heterocycles. The second kappa shape index (κ2) is 4.42. The number of fused-ring (bicyclic) bond motifs is 2. The van der Waals surface area contributed by atoms with E-state index in [1.54, 1.807) is 0 Å². The zero-order valence-corrected chi connectivity index (χ0v) is 10.6. The van der Waals surface area contributed by atoms with Gasteiger partial charge in [0.25, 0.3) is 0 Å². The molecule has 16 heavy (non-hydrogen) atoms. The maximum atomic E-state index is 3.70. The van der Waals surface area contributed by atoms with E-state index in [0.29, 0.717) is 0 Å². The third-order valence-corrected chi connectivity index (χ3v) is 5.02. The van der Waals surface area contributed by atoms with Crippen LogP contribution in [-0.2, 0) is 0 Å². The molecule has 1 nitrogen and oxygen atoms in total. The van der Waals surface area contributed by atoms with Crippen LogP contribution in [0.1, 0.15) is 31.2 Å². The van der Waals surface area contributed by atoms with Crippen LogP contribution in [0.25, 0.3) is 0 Å². The van der Waals surface area contributed by atoms with Crippen molar-refractivity contribution < 1.29 is 0 Å². The van der Waals surface area contributed by atoms with Gasteiger partial charge >= 0.3 is 0 Å². The number of benzene rings is 1. The summed E-state index contributed by atoms with van der Waals surface area (Å²) in [6.07, 6.45) is 5.51. The topological polar surface area (TPSA) is 12.0 Å². The lowest BCUT2D eigenvalue weighted by Gasteiger charge is -2.28. The van der Waals surface area contributed by atoms with E-state index >= 15 is 0 Å². The molecule has 1 N–H and O–H groups in total. The lowest BCUT2D eigenvalue weighted by molar-refractivity contribution is 0.415. The van der Waals surface area contributed by atoms with Crippen molar-refractivity contribution in [1.29, 1.82) is 0 Å². The molecule has 0 aromatic heterocycles. The van der Waals surface area contributed by atoms with Gasteiger partial charge in [-0.2, -0.15) is 0 Å². The van der Waals surface area contributed by atoms with Gasteiger partial charge in [0.05, 0.1) is 0 Å². The van der Waals surface area contributed by atoms with Crippen molar-refractivity contribution in [3.8, 4) is 0 Å². The van der Waals surface area contributed by atoms with Crippen molar-refractivity contribution in [2.75, 3.05) is 0 Å². The van der Waals surface area contributed by atoms with Crippen molar-refractivity contribution in [2.24, 2.45) is 0 Å². The first kappa shape index (κ1) is 10.7. The van der Waals surface area contributed by atoms with Gasteiger partial charge in [0, 0.05) is 22.2 Å². The molecule has 2 heteroatoms. The maximum absolute atomic E-state index is 3.70. The average Bonchev–Trinajstić information content (AvgIpc) is 2.62. The summed E-state index contributed by atoms with van der Waals surface area (Å²) in [5.74, 6) is 0. The number of aryl methyl sites for hydroxylation is 1. The van der Waals surface area contributed by atoms with Crippen LogP contribution in [0, 0.1) is 6.92 Å². The molecule has 0 spiro atoms. The smallest absolute Gasteiger partial charge is 0.0124 e. The first-order chi connectivity index (χ1) is 7.79. The number of rotatable bonds is 2. The molecular weight excluding hydrogens is 214 g/mol. The first-order valence-corrected chi connectivity index (χ1v) is 7.17. The number of hydrogen-bond acceptors (Lipinski definition) is 2. The van der Waals surface area contributed by atoms with E-state index in [0.717, 1.165) is 17.3 Å². The van der Waals surface area contributed by atoms with Crippen LogP contribution in [0.15, 0.2) is 29.2 Å². The monoisotopic (exact) mass is 233 g/mol. The molecular formula is C14H19NS. The minimum absolute atomic E-state index is 0.807. The SMILES string of the molecule is Cc1ccc(SC2C[C@H]3CC[C@H](C2)N3)cc1. The van der Waals surface area contributed by atoms with E-state index in [4.69, 9.17) is 0 Å². The van der Waals surface area contributed by atoms with Gasteiger partial charge in [0.1, 0.15) is 0 Å². The van der Waals surface area contributed by atoms with Gasteiger partial charge in [-0.25, -0.2) is 0 Å².